The van der Waals surface area contributed by atoms with Gasteiger partial charge in [-0.3, -0.25) is 4.79 Å². The van der Waals surface area contributed by atoms with Crippen LogP contribution in [0, 0.1) is 5.92 Å². The van der Waals surface area contributed by atoms with Gasteiger partial charge in [0.15, 0.2) is 0 Å². The van der Waals surface area contributed by atoms with E-state index in [2.05, 4.69) is 17.6 Å². The van der Waals surface area contributed by atoms with Crippen LogP contribution in [0.4, 0.5) is 0 Å². The maximum atomic E-state index is 11.5. The van der Waals surface area contributed by atoms with E-state index in [-0.39, 0.29) is 11.4 Å². The van der Waals surface area contributed by atoms with Gasteiger partial charge in [-0.05, 0) is 45.1 Å². The van der Waals surface area contributed by atoms with Gasteiger partial charge in [0.2, 0.25) is 5.91 Å². The van der Waals surface area contributed by atoms with E-state index in [0.717, 1.165) is 19.5 Å². The van der Waals surface area contributed by atoms with Gasteiger partial charge in [-0.15, -0.1) is 0 Å². The normalized spacial score (nSPS) is 31.8. The van der Waals surface area contributed by atoms with E-state index in [1.54, 1.807) is 0 Å². The Bertz CT molecular complexity index is 217. The molecule has 2 rings (SSSR count). The van der Waals surface area contributed by atoms with Crippen LogP contribution < -0.4 is 10.6 Å². The van der Waals surface area contributed by atoms with Gasteiger partial charge in [0, 0.05) is 18.5 Å². The summed E-state index contributed by atoms with van der Waals surface area (Å²) in [6, 6.07) is 0. The molecule has 1 atom stereocenters. The Morgan fingerprint density at radius 2 is 2.36 bits per heavy atom. The van der Waals surface area contributed by atoms with Gasteiger partial charge >= 0.3 is 0 Å². The number of rotatable bonds is 4. The monoisotopic (exact) mass is 196 g/mol. The summed E-state index contributed by atoms with van der Waals surface area (Å²) >= 11 is 0. The van der Waals surface area contributed by atoms with Crippen molar-refractivity contribution in [1.29, 1.82) is 0 Å². The van der Waals surface area contributed by atoms with E-state index in [9.17, 15) is 4.79 Å². The van der Waals surface area contributed by atoms with Crippen molar-refractivity contribution >= 4 is 5.91 Å². The topological polar surface area (TPSA) is 41.1 Å². The van der Waals surface area contributed by atoms with Crippen LogP contribution in [0.1, 0.15) is 39.0 Å². The minimum atomic E-state index is 0.152. The molecule has 0 radical (unpaired) electrons. The van der Waals surface area contributed by atoms with Crippen molar-refractivity contribution in [2.24, 2.45) is 5.92 Å². The Morgan fingerprint density at radius 3 is 2.93 bits per heavy atom. The summed E-state index contributed by atoms with van der Waals surface area (Å²) in [5.41, 5.74) is 0.152. The predicted molar refractivity (Wildman–Crippen MR) is 56.0 cm³/mol. The molecule has 1 heterocycles. The Labute approximate surface area is 85.6 Å². The molecule has 3 nitrogen and oxygen atoms in total. The van der Waals surface area contributed by atoms with Crippen molar-refractivity contribution in [1.82, 2.24) is 10.6 Å². The van der Waals surface area contributed by atoms with E-state index < -0.39 is 0 Å². The van der Waals surface area contributed by atoms with Crippen LogP contribution in [-0.2, 0) is 4.79 Å². The van der Waals surface area contributed by atoms with E-state index in [1.807, 2.05) is 0 Å². The average Bonchev–Trinajstić information content (AvgIpc) is 2.85. The first kappa shape index (κ1) is 9.97. The molecular weight excluding hydrogens is 176 g/mol. The minimum absolute atomic E-state index is 0.152. The highest BCUT2D eigenvalue weighted by molar-refractivity contribution is 5.76. The lowest BCUT2D eigenvalue weighted by Crippen LogP contribution is -2.47. The lowest BCUT2D eigenvalue weighted by Gasteiger charge is -2.24. The molecule has 1 saturated carbocycles. The molecule has 0 aromatic rings. The van der Waals surface area contributed by atoms with E-state index in [0.29, 0.717) is 5.92 Å². The molecule has 1 amide bonds. The highest BCUT2D eigenvalue weighted by Crippen LogP contribution is 2.32. The third kappa shape index (κ3) is 2.71. The Hall–Kier alpha value is -0.570. The first-order chi connectivity index (χ1) is 6.68. The van der Waals surface area contributed by atoms with Crippen LogP contribution in [0.15, 0.2) is 0 Å². The molecular formula is C11H20N2O. The second kappa shape index (κ2) is 3.89. The third-order valence-electron chi connectivity index (χ3n) is 3.30. The molecule has 2 N–H and O–H groups in total. The number of nitrogens with one attached hydrogen (secondary N) is 2. The standard InChI is InChI=1S/C11H20N2O/c1-11(5-2-6-13-11)8-12-10(14)7-9-3-4-9/h9,13H,2-8H2,1H3,(H,12,14). The molecule has 80 valence electrons. The third-order valence-corrected chi connectivity index (χ3v) is 3.30. The molecule has 0 aromatic carbocycles. The smallest absolute Gasteiger partial charge is 0.220 e. The maximum absolute atomic E-state index is 11.5. The molecule has 1 saturated heterocycles. The summed E-state index contributed by atoms with van der Waals surface area (Å²) in [5.74, 6) is 0.932. The first-order valence-corrected chi connectivity index (χ1v) is 5.70. The summed E-state index contributed by atoms with van der Waals surface area (Å²) in [6.07, 6.45) is 5.66. The second-order valence-electron chi connectivity index (χ2n) is 5.02. The number of hydrogen-bond donors (Lipinski definition) is 2. The van der Waals surface area contributed by atoms with Gasteiger partial charge in [-0.2, -0.15) is 0 Å². The molecule has 1 unspecified atom stereocenters. The molecule has 1 aliphatic carbocycles. The molecule has 0 spiro atoms. The molecule has 14 heavy (non-hydrogen) atoms. The zero-order chi connectivity index (χ0) is 10.0. The van der Waals surface area contributed by atoms with Gasteiger partial charge in [0.1, 0.15) is 0 Å². The Kier molecular flexibility index (Phi) is 2.77. The summed E-state index contributed by atoms with van der Waals surface area (Å²) in [7, 11) is 0. The minimum Gasteiger partial charge on any atom is -0.354 e. The van der Waals surface area contributed by atoms with Crippen LogP contribution in [0.2, 0.25) is 0 Å². The Morgan fingerprint density at radius 1 is 1.57 bits per heavy atom. The first-order valence-electron chi connectivity index (χ1n) is 5.70. The number of hydrogen-bond acceptors (Lipinski definition) is 2. The van der Waals surface area contributed by atoms with Crippen LogP contribution in [0.5, 0.6) is 0 Å². The lowest BCUT2D eigenvalue weighted by atomic mass is 10.0. The van der Waals surface area contributed by atoms with Crippen molar-refractivity contribution in [3.05, 3.63) is 0 Å². The van der Waals surface area contributed by atoms with Gasteiger partial charge in [0.25, 0.3) is 0 Å². The lowest BCUT2D eigenvalue weighted by molar-refractivity contribution is -0.121. The van der Waals surface area contributed by atoms with E-state index in [4.69, 9.17) is 0 Å². The van der Waals surface area contributed by atoms with Crippen molar-refractivity contribution < 1.29 is 4.79 Å². The van der Waals surface area contributed by atoms with Gasteiger partial charge < -0.3 is 10.6 Å². The van der Waals surface area contributed by atoms with Crippen molar-refractivity contribution in [3.8, 4) is 0 Å². The largest absolute Gasteiger partial charge is 0.354 e. The van der Waals surface area contributed by atoms with Crippen molar-refractivity contribution in [2.75, 3.05) is 13.1 Å². The van der Waals surface area contributed by atoms with E-state index >= 15 is 0 Å². The summed E-state index contributed by atoms with van der Waals surface area (Å²) in [5, 5.41) is 6.48. The maximum Gasteiger partial charge on any atom is 0.220 e. The molecule has 2 fully saturated rings. The highest BCUT2D eigenvalue weighted by Gasteiger charge is 2.29. The quantitative estimate of drug-likeness (QED) is 0.705. The molecule has 3 heteroatoms. The number of carbonyl (C=O) groups is 1. The highest BCUT2D eigenvalue weighted by atomic mass is 16.1. The van der Waals surface area contributed by atoms with Gasteiger partial charge in [-0.25, -0.2) is 0 Å². The van der Waals surface area contributed by atoms with Gasteiger partial charge in [0.05, 0.1) is 0 Å². The fourth-order valence-corrected chi connectivity index (χ4v) is 2.06. The number of carbonyl (C=O) groups excluding carboxylic acids is 1. The predicted octanol–water partition coefficient (Wildman–Crippen LogP) is 1.04. The zero-order valence-corrected chi connectivity index (χ0v) is 8.94. The molecule has 0 bridgehead atoms. The van der Waals surface area contributed by atoms with Crippen LogP contribution in [0.3, 0.4) is 0 Å². The van der Waals surface area contributed by atoms with Crippen LogP contribution in [0.25, 0.3) is 0 Å². The molecule has 0 aromatic heterocycles. The SMILES string of the molecule is CC1(CNC(=O)CC2CC2)CCCN1. The summed E-state index contributed by atoms with van der Waals surface area (Å²) < 4.78 is 0. The number of amides is 1. The summed E-state index contributed by atoms with van der Waals surface area (Å²) in [4.78, 5) is 11.5. The summed E-state index contributed by atoms with van der Waals surface area (Å²) in [6.45, 7) is 4.07. The molecule has 1 aliphatic heterocycles. The van der Waals surface area contributed by atoms with Crippen LogP contribution >= 0.6 is 0 Å². The molecule has 2 aliphatic rings. The Balaban J connectivity index is 1.67. The van der Waals surface area contributed by atoms with Crippen LogP contribution in [-0.4, -0.2) is 24.5 Å². The zero-order valence-electron chi connectivity index (χ0n) is 8.94. The second-order valence-corrected chi connectivity index (χ2v) is 5.02. The fraction of sp³-hybridized carbons (Fsp3) is 0.909. The fourth-order valence-electron chi connectivity index (χ4n) is 2.06. The van der Waals surface area contributed by atoms with E-state index in [1.165, 1.54) is 25.7 Å². The van der Waals surface area contributed by atoms with Crippen molar-refractivity contribution in [2.45, 2.75) is 44.6 Å². The van der Waals surface area contributed by atoms with Gasteiger partial charge in [-0.1, -0.05) is 0 Å². The average molecular weight is 196 g/mol. The van der Waals surface area contributed by atoms with Crippen molar-refractivity contribution in [3.63, 3.8) is 0 Å².